The van der Waals surface area contributed by atoms with Crippen molar-refractivity contribution in [2.24, 2.45) is 0 Å². The summed E-state index contributed by atoms with van der Waals surface area (Å²) in [5, 5.41) is 17.5. The van der Waals surface area contributed by atoms with Crippen LogP contribution in [-0.4, -0.2) is 35.6 Å². The summed E-state index contributed by atoms with van der Waals surface area (Å²) < 4.78 is 0. The van der Waals surface area contributed by atoms with E-state index < -0.39 is 0 Å². The van der Waals surface area contributed by atoms with Crippen LogP contribution in [0.5, 0.6) is 0 Å². The van der Waals surface area contributed by atoms with E-state index in [4.69, 9.17) is 10.4 Å². The largest absolute Gasteiger partial charge is 0.395 e. The predicted octanol–water partition coefficient (Wildman–Crippen LogP) is 2.10. The van der Waals surface area contributed by atoms with Crippen LogP contribution in [0.25, 0.3) is 0 Å². The van der Waals surface area contributed by atoms with Crippen molar-refractivity contribution in [1.82, 2.24) is 4.90 Å². The van der Waals surface area contributed by atoms with Crippen LogP contribution in [0, 0.1) is 30.1 Å². The van der Waals surface area contributed by atoms with E-state index in [-0.39, 0.29) is 18.6 Å². The molecule has 0 saturated carbocycles. The minimum atomic E-state index is -0.133. The molecule has 0 aliphatic carbocycles. The third-order valence-corrected chi connectivity index (χ3v) is 3.31. The molecule has 0 spiro atoms. The smallest absolute Gasteiger partial charge is 0.254 e. The van der Waals surface area contributed by atoms with Gasteiger partial charge in [-0.25, -0.2) is 0 Å². The summed E-state index contributed by atoms with van der Waals surface area (Å²) in [4.78, 5) is 14.1. The first-order valence-corrected chi connectivity index (χ1v) is 6.85. The first kappa shape index (κ1) is 16.8. The van der Waals surface area contributed by atoms with Crippen LogP contribution >= 0.6 is 0 Å². The van der Waals surface area contributed by atoms with Crippen molar-refractivity contribution in [1.29, 1.82) is 5.26 Å². The highest BCUT2D eigenvalue weighted by molar-refractivity contribution is 5.96. The molecule has 0 fully saturated rings. The Kier molecular flexibility index (Phi) is 6.46. The first-order chi connectivity index (χ1) is 10.0. The molecule has 1 N–H and O–H groups in total. The zero-order chi connectivity index (χ0) is 15.8. The molecule has 4 nitrogen and oxygen atoms in total. The van der Waals surface area contributed by atoms with Gasteiger partial charge in [-0.2, -0.15) is 5.26 Å². The molecule has 1 aromatic rings. The van der Waals surface area contributed by atoms with E-state index >= 15 is 0 Å². The van der Waals surface area contributed by atoms with Gasteiger partial charge in [0.2, 0.25) is 0 Å². The lowest BCUT2D eigenvalue weighted by Gasteiger charge is -2.23. The van der Waals surface area contributed by atoms with E-state index in [9.17, 15) is 4.79 Å². The van der Waals surface area contributed by atoms with Crippen molar-refractivity contribution >= 4 is 5.91 Å². The molecule has 1 atom stereocenters. The molecule has 4 heteroatoms. The van der Waals surface area contributed by atoms with Crippen molar-refractivity contribution in [3.8, 4) is 17.9 Å². The fourth-order valence-electron chi connectivity index (χ4n) is 1.81. The van der Waals surface area contributed by atoms with Gasteiger partial charge in [0.25, 0.3) is 5.91 Å². The molecule has 1 amide bonds. The second kappa shape index (κ2) is 8.09. The van der Waals surface area contributed by atoms with Crippen LogP contribution in [0.3, 0.4) is 0 Å². The number of benzene rings is 1. The monoisotopic (exact) mass is 284 g/mol. The molecule has 1 rings (SSSR count). The lowest BCUT2D eigenvalue weighted by molar-refractivity contribution is 0.0745. The number of amides is 1. The fraction of sp³-hybridized carbons (Fsp3) is 0.412. The van der Waals surface area contributed by atoms with Crippen molar-refractivity contribution < 1.29 is 9.90 Å². The second-order valence-corrected chi connectivity index (χ2v) is 4.93. The van der Waals surface area contributed by atoms with Gasteiger partial charge in [0, 0.05) is 30.6 Å². The number of rotatable bonds is 4. The fourth-order valence-corrected chi connectivity index (χ4v) is 1.81. The molecule has 0 aliphatic rings. The third kappa shape index (κ3) is 4.63. The summed E-state index contributed by atoms with van der Waals surface area (Å²) in [5.41, 5.74) is 2.22. The van der Waals surface area contributed by atoms with Crippen LogP contribution in [0.4, 0.5) is 0 Å². The second-order valence-electron chi connectivity index (χ2n) is 4.93. The number of carbonyl (C=O) groups is 1. The topological polar surface area (TPSA) is 64.3 Å². The van der Waals surface area contributed by atoms with Crippen LogP contribution in [0.1, 0.15) is 41.3 Å². The average Bonchev–Trinajstić information content (AvgIpc) is 2.48. The molecular formula is C17H20N2O2. The van der Waals surface area contributed by atoms with Crippen LogP contribution < -0.4 is 0 Å². The Morgan fingerprint density at radius 1 is 1.48 bits per heavy atom. The van der Waals surface area contributed by atoms with Crippen molar-refractivity contribution in [3.05, 3.63) is 34.9 Å². The Hall–Kier alpha value is -2.30. The molecule has 0 radical (unpaired) electrons. The van der Waals surface area contributed by atoms with Crippen molar-refractivity contribution in [3.63, 3.8) is 0 Å². The molecule has 0 aromatic heterocycles. The van der Waals surface area contributed by atoms with E-state index in [1.807, 2.05) is 26.0 Å². The Bertz CT molecular complexity index is 605. The molecule has 1 unspecified atom stereocenters. The van der Waals surface area contributed by atoms with E-state index in [0.29, 0.717) is 18.4 Å². The van der Waals surface area contributed by atoms with E-state index in [2.05, 4.69) is 17.9 Å². The van der Waals surface area contributed by atoms with Gasteiger partial charge in [-0.1, -0.05) is 17.9 Å². The standard InChI is InChI=1S/C17H20N2O2/c1-13-7-8-15(6-4-5-11-20)12-16(13)17(21)19(3)14(2)9-10-18/h7-8,12,14,20H,5,9,11H2,1-3H3. The lowest BCUT2D eigenvalue weighted by Crippen LogP contribution is -2.35. The Morgan fingerprint density at radius 2 is 2.19 bits per heavy atom. The highest BCUT2D eigenvalue weighted by Gasteiger charge is 2.19. The summed E-state index contributed by atoms with van der Waals surface area (Å²) in [7, 11) is 1.70. The van der Waals surface area contributed by atoms with Crippen molar-refractivity contribution in [2.75, 3.05) is 13.7 Å². The number of aliphatic hydroxyl groups is 1. The lowest BCUT2D eigenvalue weighted by atomic mass is 10.0. The Balaban J connectivity index is 3.02. The summed E-state index contributed by atoms with van der Waals surface area (Å²) in [6, 6.07) is 7.42. The van der Waals surface area contributed by atoms with E-state index in [0.717, 1.165) is 11.1 Å². The zero-order valence-electron chi connectivity index (χ0n) is 12.7. The molecule has 0 aliphatic heterocycles. The Labute approximate surface area is 126 Å². The maximum atomic E-state index is 12.5. The minimum absolute atomic E-state index is 0.0268. The molecule has 0 saturated heterocycles. The number of aliphatic hydroxyl groups excluding tert-OH is 1. The quantitative estimate of drug-likeness (QED) is 0.861. The Morgan fingerprint density at radius 3 is 2.81 bits per heavy atom. The minimum Gasteiger partial charge on any atom is -0.395 e. The summed E-state index contributed by atoms with van der Waals surface area (Å²) in [6.45, 7) is 3.75. The zero-order valence-corrected chi connectivity index (χ0v) is 12.7. The molecule has 110 valence electrons. The maximum absolute atomic E-state index is 12.5. The maximum Gasteiger partial charge on any atom is 0.254 e. The van der Waals surface area contributed by atoms with Gasteiger partial charge < -0.3 is 10.0 Å². The third-order valence-electron chi connectivity index (χ3n) is 3.31. The van der Waals surface area contributed by atoms with Gasteiger partial charge >= 0.3 is 0 Å². The van der Waals surface area contributed by atoms with E-state index in [1.54, 1.807) is 18.0 Å². The van der Waals surface area contributed by atoms with Crippen molar-refractivity contribution in [2.45, 2.75) is 32.7 Å². The van der Waals surface area contributed by atoms with Crippen LogP contribution in [0.2, 0.25) is 0 Å². The SMILES string of the molecule is Cc1ccc(C#CCCO)cc1C(=O)N(C)C(C)CC#N. The molecule has 0 bridgehead atoms. The number of hydrogen-bond donors (Lipinski definition) is 1. The summed E-state index contributed by atoms with van der Waals surface area (Å²) >= 11 is 0. The number of carbonyl (C=O) groups excluding carboxylic acids is 1. The predicted molar refractivity (Wildman–Crippen MR) is 81.5 cm³/mol. The van der Waals surface area contributed by atoms with Crippen LogP contribution in [0.15, 0.2) is 18.2 Å². The molecule has 1 aromatic carbocycles. The molecular weight excluding hydrogens is 264 g/mol. The van der Waals surface area contributed by atoms with E-state index in [1.165, 1.54) is 0 Å². The average molecular weight is 284 g/mol. The van der Waals surface area contributed by atoms with Gasteiger partial charge in [-0.05, 0) is 31.5 Å². The van der Waals surface area contributed by atoms with Crippen LogP contribution in [-0.2, 0) is 0 Å². The first-order valence-electron chi connectivity index (χ1n) is 6.85. The number of aryl methyl sites for hydroxylation is 1. The normalized spacial score (nSPS) is 11.0. The number of nitriles is 1. The van der Waals surface area contributed by atoms with Gasteiger partial charge in [0.1, 0.15) is 0 Å². The van der Waals surface area contributed by atoms with Gasteiger partial charge in [-0.3, -0.25) is 4.79 Å². The van der Waals surface area contributed by atoms with Gasteiger partial charge in [-0.15, -0.1) is 0 Å². The van der Waals surface area contributed by atoms with Gasteiger partial charge in [0.15, 0.2) is 0 Å². The number of nitrogens with zero attached hydrogens (tertiary/aromatic N) is 2. The highest BCUT2D eigenvalue weighted by Crippen LogP contribution is 2.15. The van der Waals surface area contributed by atoms with Gasteiger partial charge in [0.05, 0.1) is 19.1 Å². The summed E-state index contributed by atoms with van der Waals surface area (Å²) in [5.74, 6) is 5.66. The summed E-state index contributed by atoms with van der Waals surface area (Å²) in [6.07, 6.45) is 0.716. The molecule has 21 heavy (non-hydrogen) atoms. The highest BCUT2D eigenvalue weighted by atomic mass is 16.2. The number of hydrogen-bond acceptors (Lipinski definition) is 3. The molecule has 0 heterocycles.